The normalized spacial score (nSPS) is 10.8. The molecule has 0 aliphatic carbocycles. The topological polar surface area (TPSA) is 0 Å². The molecule has 0 heterocycles. The van der Waals surface area contributed by atoms with Crippen LogP contribution in [-0.2, 0) is 0 Å². The largest absolute Gasteiger partial charge is 1.00 e. The first-order chi connectivity index (χ1) is 10.6. The van der Waals surface area contributed by atoms with Gasteiger partial charge in [-0.15, -0.1) is 0 Å². The molecule has 0 aliphatic heterocycles. The number of hydrogen-bond donors (Lipinski definition) is 0. The smallest absolute Gasteiger partial charge is 1.00 e. The fourth-order valence-corrected chi connectivity index (χ4v) is 1.25. The molecule has 0 spiro atoms. The van der Waals surface area contributed by atoms with E-state index in [9.17, 15) is 51.8 Å². The van der Waals surface area contributed by atoms with Crippen molar-refractivity contribution in [3.8, 4) is 0 Å². The Kier molecular flexibility index (Phi) is 18.5. The van der Waals surface area contributed by atoms with E-state index < -0.39 is 21.8 Å². The molecule has 0 aromatic heterocycles. The SMILES string of the molecule is Cc1cc(C)c(C)c(C)c1.F[B-](F)(F)F.F[B-](F)(F)F.F[B-](F)(F)F.[H-].[K+]. The van der Waals surface area contributed by atoms with Crippen LogP contribution in [0.1, 0.15) is 23.7 Å². The van der Waals surface area contributed by atoms with Crippen LogP contribution in [0.2, 0.25) is 0 Å². The first-order valence-electron chi connectivity index (χ1n) is 6.27. The van der Waals surface area contributed by atoms with E-state index in [2.05, 4.69) is 39.8 Å². The van der Waals surface area contributed by atoms with Crippen molar-refractivity contribution in [1.82, 2.24) is 0 Å². The van der Waals surface area contributed by atoms with Gasteiger partial charge in [-0.2, -0.15) is 0 Å². The predicted octanol–water partition coefficient (Wildman–Crippen LogP) is 3.94. The molecule has 16 heteroatoms. The number of rotatable bonds is 0. The third-order valence-electron chi connectivity index (χ3n) is 2.07. The quantitative estimate of drug-likeness (QED) is 0.429. The van der Waals surface area contributed by atoms with Crippen LogP contribution >= 0.6 is 0 Å². The second-order valence-corrected chi connectivity index (χ2v) is 4.51. The Balaban J connectivity index is -0.0000000831. The first-order valence-corrected chi connectivity index (χ1v) is 6.27. The van der Waals surface area contributed by atoms with Crippen LogP contribution < -0.4 is 51.4 Å². The summed E-state index contributed by atoms with van der Waals surface area (Å²) in [5, 5.41) is 0. The van der Waals surface area contributed by atoms with Crippen molar-refractivity contribution in [3.05, 3.63) is 34.4 Å². The zero-order valence-electron chi connectivity index (χ0n) is 15.4. The molecule has 1 aromatic carbocycles. The molecule has 0 radical (unpaired) electrons. The van der Waals surface area contributed by atoms with E-state index in [4.69, 9.17) is 0 Å². The fraction of sp³-hybridized carbons (Fsp3) is 0.400. The van der Waals surface area contributed by atoms with Gasteiger partial charge in [0, 0.05) is 0 Å². The van der Waals surface area contributed by atoms with Crippen LogP contribution in [0.3, 0.4) is 0 Å². The maximum Gasteiger partial charge on any atom is 1.00 e. The Bertz CT molecular complexity index is 434. The molecular weight excluding hydrogens is 420 g/mol. The van der Waals surface area contributed by atoms with E-state index in [1.54, 1.807) is 0 Å². The van der Waals surface area contributed by atoms with Gasteiger partial charge in [-0.1, -0.05) is 17.7 Å². The number of halogens is 12. The molecule has 26 heavy (non-hydrogen) atoms. The Labute approximate surface area is 187 Å². The summed E-state index contributed by atoms with van der Waals surface area (Å²) in [4.78, 5) is 0. The Morgan fingerprint density at radius 2 is 0.692 bits per heavy atom. The van der Waals surface area contributed by atoms with Crippen molar-refractivity contribution < 1.29 is 105 Å². The van der Waals surface area contributed by atoms with E-state index in [0.29, 0.717) is 0 Å². The molecule has 1 aromatic rings. The summed E-state index contributed by atoms with van der Waals surface area (Å²) >= 11 is 0. The van der Waals surface area contributed by atoms with Crippen molar-refractivity contribution in [1.29, 1.82) is 0 Å². The van der Waals surface area contributed by atoms with Crippen LogP contribution in [0.25, 0.3) is 0 Å². The Morgan fingerprint density at radius 3 is 0.846 bits per heavy atom. The molecule has 0 saturated heterocycles. The molecule has 0 bridgehead atoms. The molecule has 0 saturated carbocycles. The van der Waals surface area contributed by atoms with Gasteiger partial charge in [-0.05, 0) is 44.4 Å². The summed E-state index contributed by atoms with van der Waals surface area (Å²) < 4.78 is 117. The van der Waals surface area contributed by atoms with E-state index in [1.807, 2.05) is 0 Å². The summed E-state index contributed by atoms with van der Waals surface area (Å²) in [6.45, 7) is 8.63. The molecule has 152 valence electrons. The van der Waals surface area contributed by atoms with Gasteiger partial charge in [0.1, 0.15) is 0 Å². The van der Waals surface area contributed by atoms with Crippen molar-refractivity contribution >= 4 is 21.8 Å². The summed E-state index contributed by atoms with van der Waals surface area (Å²) in [7, 11) is -18.0. The number of benzene rings is 1. The molecule has 0 atom stereocenters. The molecule has 0 unspecified atom stereocenters. The van der Waals surface area contributed by atoms with Gasteiger partial charge in [0.05, 0.1) is 0 Å². The van der Waals surface area contributed by atoms with Crippen molar-refractivity contribution in [2.24, 2.45) is 0 Å². The maximum atomic E-state index is 9.75. The van der Waals surface area contributed by atoms with Crippen LogP contribution in [0.15, 0.2) is 12.1 Å². The van der Waals surface area contributed by atoms with Gasteiger partial charge in [0.15, 0.2) is 0 Å². The van der Waals surface area contributed by atoms with Crippen molar-refractivity contribution in [2.75, 3.05) is 0 Å². The third-order valence-corrected chi connectivity index (χ3v) is 2.07. The Hall–Kier alpha value is 0.211. The minimum atomic E-state index is -6.00. The second-order valence-electron chi connectivity index (χ2n) is 4.51. The predicted molar refractivity (Wildman–Crippen MR) is 77.1 cm³/mol. The standard InChI is InChI=1S/C10H14.3BF4.K.H/c1-7-5-8(2)10(4)9(3)6-7;3*2-1(3,4)5;;/h5-6H,1-4H3;;;;;/q;3*-1;+1;-1. The van der Waals surface area contributed by atoms with Gasteiger partial charge in [-0.25, -0.2) is 0 Å². The second kappa shape index (κ2) is 14.2. The van der Waals surface area contributed by atoms with Crippen LogP contribution in [0, 0.1) is 27.7 Å². The molecule has 0 aliphatic rings. The molecule has 0 amide bonds. The minimum Gasteiger partial charge on any atom is -1.00 e. The summed E-state index contributed by atoms with van der Waals surface area (Å²) in [5.74, 6) is 0. The van der Waals surface area contributed by atoms with E-state index >= 15 is 0 Å². The summed E-state index contributed by atoms with van der Waals surface area (Å²) in [6, 6.07) is 4.45. The van der Waals surface area contributed by atoms with Crippen LogP contribution in [0.5, 0.6) is 0 Å². The zero-order valence-corrected chi connectivity index (χ0v) is 17.5. The number of aryl methyl sites for hydroxylation is 3. The minimum absolute atomic E-state index is 0. The first kappa shape index (κ1) is 33.8. The Morgan fingerprint density at radius 1 is 0.538 bits per heavy atom. The number of hydrogen-bond acceptors (Lipinski definition) is 0. The van der Waals surface area contributed by atoms with E-state index in [0.717, 1.165) is 0 Å². The molecule has 0 nitrogen and oxygen atoms in total. The van der Waals surface area contributed by atoms with Crippen LogP contribution in [-0.4, -0.2) is 21.8 Å². The summed E-state index contributed by atoms with van der Waals surface area (Å²) in [6.07, 6.45) is 0. The van der Waals surface area contributed by atoms with Gasteiger partial charge >= 0.3 is 73.1 Å². The zero-order chi connectivity index (χ0) is 21.2. The van der Waals surface area contributed by atoms with Gasteiger partial charge in [-0.3, -0.25) is 0 Å². The van der Waals surface area contributed by atoms with Crippen LogP contribution in [0.4, 0.5) is 51.8 Å². The average molecular weight is 435 g/mol. The van der Waals surface area contributed by atoms with Gasteiger partial charge in [0.25, 0.3) is 0 Å². The monoisotopic (exact) mass is 435 g/mol. The third kappa shape index (κ3) is 49.6. The van der Waals surface area contributed by atoms with E-state index in [1.165, 1.54) is 22.3 Å². The van der Waals surface area contributed by atoms with Gasteiger partial charge < -0.3 is 53.2 Å². The van der Waals surface area contributed by atoms with E-state index in [-0.39, 0.29) is 52.8 Å². The molecular formula is C10H15B3F12K-3. The molecule has 0 fully saturated rings. The average Bonchev–Trinajstić information content (AvgIpc) is 2.18. The van der Waals surface area contributed by atoms with Gasteiger partial charge in [0.2, 0.25) is 0 Å². The maximum absolute atomic E-state index is 9.75. The van der Waals surface area contributed by atoms with Crippen molar-refractivity contribution in [2.45, 2.75) is 27.7 Å². The fourth-order valence-electron chi connectivity index (χ4n) is 1.25. The summed E-state index contributed by atoms with van der Waals surface area (Å²) in [5.41, 5.74) is 5.58. The molecule has 0 N–H and O–H groups in total. The molecule has 1 rings (SSSR count). The van der Waals surface area contributed by atoms with Crippen molar-refractivity contribution in [3.63, 3.8) is 0 Å².